The molecule has 0 unspecified atom stereocenters. The van der Waals surface area contributed by atoms with E-state index in [0.29, 0.717) is 18.8 Å². The van der Waals surface area contributed by atoms with Crippen molar-refractivity contribution in [1.29, 1.82) is 0 Å². The molecule has 0 bridgehead atoms. The Kier molecular flexibility index (Phi) is 7.72. The molecule has 0 radical (unpaired) electrons. The zero-order valence-corrected chi connectivity index (χ0v) is 20.4. The van der Waals surface area contributed by atoms with Crippen LogP contribution in [-0.4, -0.2) is 52.9 Å². The third kappa shape index (κ3) is 5.93. The Labute approximate surface area is 198 Å². The van der Waals surface area contributed by atoms with Gasteiger partial charge in [0.15, 0.2) is 0 Å². The molecule has 0 spiro atoms. The van der Waals surface area contributed by atoms with Gasteiger partial charge in [-0.25, -0.2) is 16.8 Å². The topological polar surface area (TPSA) is 104 Å². The summed E-state index contributed by atoms with van der Waals surface area (Å²) in [5.41, 5.74) is 0.537. The number of halogens is 2. The van der Waals surface area contributed by atoms with Crippen LogP contribution in [0.3, 0.4) is 0 Å². The summed E-state index contributed by atoms with van der Waals surface area (Å²) in [4.78, 5) is 12.7. The molecular formula is C20H23Cl2N3O5S2. The summed E-state index contributed by atoms with van der Waals surface area (Å²) in [5, 5.41) is 3.00. The quantitative estimate of drug-likeness (QED) is 0.601. The van der Waals surface area contributed by atoms with Crippen molar-refractivity contribution in [2.75, 3.05) is 35.5 Å². The highest BCUT2D eigenvalue weighted by Crippen LogP contribution is 2.28. The van der Waals surface area contributed by atoms with Gasteiger partial charge in [-0.05, 0) is 55.3 Å². The summed E-state index contributed by atoms with van der Waals surface area (Å²) in [6.07, 6.45) is 3.67. The molecule has 2 aromatic rings. The third-order valence-electron chi connectivity index (χ3n) is 4.97. The van der Waals surface area contributed by atoms with Crippen molar-refractivity contribution >= 4 is 60.5 Å². The number of anilines is 2. The van der Waals surface area contributed by atoms with Gasteiger partial charge in [-0.15, -0.1) is 0 Å². The number of carbonyl (C=O) groups excluding carboxylic acids is 1. The zero-order valence-electron chi connectivity index (χ0n) is 17.3. The number of carbonyl (C=O) groups is 1. The minimum absolute atomic E-state index is 0.144. The van der Waals surface area contributed by atoms with E-state index in [1.807, 2.05) is 0 Å². The van der Waals surface area contributed by atoms with Crippen LogP contribution in [0.25, 0.3) is 0 Å². The lowest BCUT2D eigenvalue weighted by atomic mass is 10.2. The normalized spacial score (nSPS) is 15.3. The molecule has 32 heavy (non-hydrogen) atoms. The molecule has 174 valence electrons. The number of nitrogens with zero attached hydrogens (tertiary/aromatic N) is 2. The van der Waals surface area contributed by atoms with Crippen LogP contribution in [0.2, 0.25) is 10.0 Å². The molecule has 2 aromatic carbocycles. The number of nitrogens with one attached hydrogen (secondary N) is 1. The number of benzene rings is 2. The maximum atomic E-state index is 12.7. The maximum Gasteiger partial charge on any atom is 0.245 e. The summed E-state index contributed by atoms with van der Waals surface area (Å²) < 4.78 is 52.3. The predicted octanol–water partition coefficient (Wildman–Crippen LogP) is 3.57. The molecular weight excluding hydrogens is 497 g/mol. The standard InChI is InChI=1S/C20H23Cl2N3O5S2/c1-31(27,28)25(16-7-10-18(21)19(22)13-16)14-20(26)23-15-5-8-17(9-6-15)32(29,30)24-11-3-2-4-12-24/h5-10,13H,2-4,11-12,14H2,1H3,(H,23,26). The van der Waals surface area contributed by atoms with Crippen molar-refractivity contribution in [3.05, 3.63) is 52.5 Å². The molecule has 0 aliphatic carbocycles. The molecule has 3 rings (SSSR count). The van der Waals surface area contributed by atoms with Crippen molar-refractivity contribution < 1.29 is 21.6 Å². The molecule has 0 aromatic heterocycles. The van der Waals surface area contributed by atoms with Crippen molar-refractivity contribution in [2.24, 2.45) is 0 Å². The van der Waals surface area contributed by atoms with E-state index in [1.54, 1.807) is 0 Å². The van der Waals surface area contributed by atoms with Crippen LogP contribution in [0.5, 0.6) is 0 Å². The summed E-state index contributed by atoms with van der Waals surface area (Å²) in [5.74, 6) is -0.604. The first-order chi connectivity index (χ1) is 15.0. The second-order valence-electron chi connectivity index (χ2n) is 7.41. The van der Waals surface area contributed by atoms with E-state index in [1.165, 1.54) is 46.8 Å². The van der Waals surface area contributed by atoms with E-state index < -0.39 is 32.5 Å². The highest BCUT2D eigenvalue weighted by molar-refractivity contribution is 7.92. The Bertz CT molecular complexity index is 1200. The molecule has 1 aliphatic heterocycles. The van der Waals surface area contributed by atoms with Crippen LogP contribution < -0.4 is 9.62 Å². The van der Waals surface area contributed by atoms with Crippen LogP contribution >= 0.6 is 23.2 Å². The number of hydrogen-bond donors (Lipinski definition) is 1. The summed E-state index contributed by atoms with van der Waals surface area (Å²) in [7, 11) is -7.37. The highest BCUT2D eigenvalue weighted by atomic mass is 35.5. The largest absolute Gasteiger partial charge is 0.325 e. The Balaban J connectivity index is 1.72. The minimum Gasteiger partial charge on any atom is -0.325 e. The van der Waals surface area contributed by atoms with E-state index in [9.17, 15) is 21.6 Å². The molecule has 1 N–H and O–H groups in total. The van der Waals surface area contributed by atoms with E-state index >= 15 is 0 Å². The van der Waals surface area contributed by atoms with Gasteiger partial charge in [0, 0.05) is 18.8 Å². The van der Waals surface area contributed by atoms with Crippen LogP contribution in [0, 0.1) is 0 Å². The lowest BCUT2D eigenvalue weighted by Crippen LogP contribution is -2.37. The molecule has 1 aliphatic rings. The second kappa shape index (κ2) is 9.96. The average Bonchev–Trinajstić information content (AvgIpc) is 2.74. The highest BCUT2D eigenvalue weighted by Gasteiger charge is 2.26. The first kappa shape index (κ1) is 24.8. The van der Waals surface area contributed by atoms with E-state index in [4.69, 9.17) is 23.2 Å². The fourth-order valence-electron chi connectivity index (χ4n) is 3.34. The van der Waals surface area contributed by atoms with E-state index in [2.05, 4.69) is 5.32 Å². The number of rotatable bonds is 7. The monoisotopic (exact) mass is 519 g/mol. The Morgan fingerprint density at radius 3 is 2.16 bits per heavy atom. The molecule has 1 amide bonds. The Hall–Kier alpha value is -1.85. The fraction of sp³-hybridized carbons (Fsp3) is 0.350. The van der Waals surface area contributed by atoms with Gasteiger partial charge in [0.05, 0.1) is 26.9 Å². The minimum atomic E-state index is -3.79. The van der Waals surface area contributed by atoms with Crippen molar-refractivity contribution in [3.63, 3.8) is 0 Å². The maximum absolute atomic E-state index is 12.7. The smallest absolute Gasteiger partial charge is 0.245 e. The van der Waals surface area contributed by atoms with Gasteiger partial charge in [-0.3, -0.25) is 9.10 Å². The van der Waals surface area contributed by atoms with Gasteiger partial charge in [0.25, 0.3) is 0 Å². The summed E-state index contributed by atoms with van der Waals surface area (Å²) in [6.45, 7) is 0.498. The molecule has 0 atom stereocenters. The average molecular weight is 520 g/mol. The van der Waals surface area contributed by atoms with Crippen LogP contribution in [0.15, 0.2) is 47.4 Å². The van der Waals surface area contributed by atoms with E-state index in [-0.39, 0.29) is 20.6 Å². The SMILES string of the molecule is CS(=O)(=O)N(CC(=O)Nc1ccc(S(=O)(=O)N2CCCCC2)cc1)c1ccc(Cl)c(Cl)c1. The van der Waals surface area contributed by atoms with E-state index in [0.717, 1.165) is 29.8 Å². The second-order valence-corrected chi connectivity index (χ2v) is 12.1. The fourth-order valence-corrected chi connectivity index (χ4v) is 5.99. The van der Waals surface area contributed by atoms with Gasteiger partial charge >= 0.3 is 0 Å². The van der Waals surface area contributed by atoms with Gasteiger partial charge in [0.2, 0.25) is 26.0 Å². The van der Waals surface area contributed by atoms with Crippen LogP contribution in [-0.2, 0) is 24.8 Å². The Morgan fingerprint density at radius 1 is 0.969 bits per heavy atom. The number of hydrogen-bond acceptors (Lipinski definition) is 5. The van der Waals surface area contributed by atoms with Crippen molar-refractivity contribution in [1.82, 2.24) is 4.31 Å². The predicted molar refractivity (Wildman–Crippen MR) is 126 cm³/mol. The zero-order chi connectivity index (χ0) is 23.5. The number of sulfonamides is 2. The summed E-state index contributed by atoms with van der Waals surface area (Å²) in [6, 6.07) is 10.0. The molecule has 1 saturated heterocycles. The Morgan fingerprint density at radius 2 is 1.59 bits per heavy atom. The molecule has 0 saturated carbocycles. The van der Waals surface area contributed by atoms with Crippen molar-refractivity contribution in [3.8, 4) is 0 Å². The lowest BCUT2D eigenvalue weighted by Gasteiger charge is -2.26. The lowest BCUT2D eigenvalue weighted by molar-refractivity contribution is -0.114. The molecule has 8 nitrogen and oxygen atoms in total. The van der Waals surface area contributed by atoms with Gasteiger partial charge in [0.1, 0.15) is 6.54 Å². The van der Waals surface area contributed by atoms with Gasteiger partial charge in [-0.2, -0.15) is 4.31 Å². The molecule has 1 fully saturated rings. The molecule has 1 heterocycles. The van der Waals surface area contributed by atoms with Crippen LogP contribution in [0.4, 0.5) is 11.4 Å². The number of piperidine rings is 1. The number of amides is 1. The van der Waals surface area contributed by atoms with Gasteiger partial charge in [-0.1, -0.05) is 29.6 Å². The summed E-state index contributed by atoms with van der Waals surface area (Å²) >= 11 is 11.9. The van der Waals surface area contributed by atoms with Crippen LogP contribution in [0.1, 0.15) is 19.3 Å². The first-order valence-electron chi connectivity index (χ1n) is 9.81. The molecule has 12 heteroatoms. The van der Waals surface area contributed by atoms with Crippen molar-refractivity contribution in [2.45, 2.75) is 24.2 Å². The van der Waals surface area contributed by atoms with Gasteiger partial charge < -0.3 is 5.32 Å². The first-order valence-corrected chi connectivity index (χ1v) is 13.9. The third-order valence-corrected chi connectivity index (χ3v) is 8.76.